The van der Waals surface area contributed by atoms with Crippen molar-refractivity contribution in [2.45, 2.75) is 19.3 Å². The van der Waals surface area contributed by atoms with Gasteiger partial charge in [0, 0.05) is 32.7 Å². The number of carbonyl (C=O) groups is 1. The second-order valence-corrected chi connectivity index (χ2v) is 6.53. The zero-order chi connectivity index (χ0) is 15.2. The minimum Gasteiger partial charge on any atom is -0.339 e. The summed E-state index contributed by atoms with van der Waals surface area (Å²) in [5, 5.41) is 3.30. The predicted octanol–water partition coefficient (Wildman–Crippen LogP) is 2.22. The largest absolute Gasteiger partial charge is 0.339 e. The Balaban J connectivity index is 0.00000144. The van der Waals surface area contributed by atoms with Crippen LogP contribution in [0.2, 0.25) is 0 Å². The van der Waals surface area contributed by atoms with Gasteiger partial charge in [-0.2, -0.15) is 0 Å². The van der Waals surface area contributed by atoms with Crippen LogP contribution in [0.4, 0.5) is 0 Å². The molecule has 0 spiro atoms. The van der Waals surface area contributed by atoms with Gasteiger partial charge in [0.1, 0.15) is 0 Å². The fraction of sp³-hybridized carbons (Fsp3) is 0.611. The summed E-state index contributed by atoms with van der Waals surface area (Å²) in [4.78, 5) is 16.6. The first-order chi connectivity index (χ1) is 10.8. The highest BCUT2D eigenvalue weighted by Gasteiger charge is 2.23. The average molecular weight is 374 g/mol. The number of nitrogens with zero attached hydrogens (tertiary/aromatic N) is 2. The van der Waals surface area contributed by atoms with Crippen molar-refractivity contribution < 1.29 is 4.79 Å². The van der Waals surface area contributed by atoms with E-state index in [0.29, 0.717) is 6.54 Å². The van der Waals surface area contributed by atoms with Gasteiger partial charge < -0.3 is 10.2 Å². The van der Waals surface area contributed by atoms with Gasteiger partial charge in [0.15, 0.2) is 0 Å². The molecule has 1 aliphatic carbocycles. The molecule has 1 amide bonds. The number of amides is 1. The first-order valence-electron chi connectivity index (χ1n) is 8.56. The smallest absolute Gasteiger partial charge is 0.236 e. The molecule has 6 heteroatoms. The van der Waals surface area contributed by atoms with E-state index in [1.165, 1.54) is 18.4 Å². The third kappa shape index (κ3) is 6.98. The monoisotopic (exact) mass is 373 g/mol. The lowest BCUT2D eigenvalue weighted by Crippen LogP contribution is -2.51. The number of rotatable bonds is 7. The SMILES string of the molecule is Cl.Cl.O=C(CNCC1CC1)N1CCN(CCc2ccccc2)CC1. The zero-order valence-electron chi connectivity index (χ0n) is 14.2. The van der Waals surface area contributed by atoms with Gasteiger partial charge in [-0.3, -0.25) is 9.69 Å². The minimum absolute atomic E-state index is 0. The van der Waals surface area contributed by atoms with E-state index >= 15 is 0 Å². The van der Waals surface area contributed by atoms with E-state index < -0.39 is 0 Å². The summed E-state index contributed by atoms with van der Waals surface area (Å²) in [5.41, 5.74) is 1.39. The number of piperazine rings is 1. The van der Waals surface area contributed by atoms with Crippen LogP contribution < -0.4 is 5.32 Å². The topological polar surface area (TPSA) is 35.6 Å². The minimum atomic E-state index is 0. The molecule has 24 heavy (non-hydrogen) atoms. The normalized spacial score (nSPS) is 17.8. The molecule has 0 radical (unpaired) electrons. The highest BCUT2D eigenvalue weighted by atomic mass is 35.5. The van der Waals surface area contributed by atoms with E-state index in [9.17, 15) is 4.79 Å². The molecule has 1 saturated heterocycles. The fourth-order valence-electron chi connectivity index (χ4n) is 2.97. The van der Waals surface area contributed by atoms with Crippen molar-refractivity contribution in [1.82, 2.24) is 15.1 Å². The first-order valence-corrected chi connectivity index (χ1v) is 8.56. The Labute approximate surface area is 157 Å². The third-order valence-corrected chi connectivity index (χ3v) is 4.69. The lowest BCUT2D eigenvalue weighted by atomic mass is 10.1. The Morgan fingerprint density at radius 1 is 1.04 bits per heavy atom. The molecule has 0 aromatic heterocycles. The second-order valence-electron chi connectivity index (χ2n) is 6.53. The van der Waals surface area contributed by atoms with E-state index in [1.807, 2.05) is 4.90 Å². The maximum absolute atomic E-state index is 12.1. The molecule has 0 unspecified atom stereocenters. The zero-order valence-corrected chi connectivity index (χ0v) is 15.8. The van der Waals surface area contributed by atoms with E-state index in [-0.39, 0.29) is 30.7 Å². The van der Waals surface area contributed by atoms with Crippen molar-refractivity contribution in [3.05, 3.63) is 35.9 Å². The van der Waals surface area contributed by atoms with Crippen LogP contribution in [0.15, 0.2) is 30.3 Å². The van der Waals surface area contributed by atoms with Gasteiger partial charge in [-0.1, -0.05) is 30.3 Å². The molecule has 0 bridgehead atoms. The summed E-state index contributed by atoms with van der Waals surface area (Å²) >= 11 is 0. The molecule has 1 aromatic rings. The molecule has 1 saturated carbocycles. The van der Waals surface area contributed by atoms with Crippen molar-refractivity contribution >= 4 is 30.7 Å². The van der Waals surface area contributed by atoms with Gasteiger partial charge in [-0.05, 0) is 37.3 Å². The van der Waals surface area contributed by atoms with Crippen molar-refractivity contribution in [2.75, 3.05) is 45.8 Å². The molecular weight excluding hydrogens is 345 g/mol. The summed E-state index contributed by atoms with van der Waals surface area (Å²) in [6.07, 6.45) is 3.76. The summed E-state index contributed by atoms with van der Waals surface area (Å²) in [6.45, 7) is 6.37. The summed E-state index contributed by atoms with van der Waals surface area (Å²) < 4.78 is 0. The molecule has 0 atom stereocenters. The highest BCUT2D eigenvalue weighted by molar-refractivity contribution is 5.85. The predicted molar refractivity (Wildman–Crippen MR) is 103 cm³/mol. The molecule has 1 N–H and O–H groups in total. The van der Waals surface area contributed by atoms with Crippen molar-refractivity contribution in [1.29, 1.82) is 0 Å². The quantitative estimate of drug-likeness (QED) is 0.795. The number of hydrogen-bond donors (Lipinski definition) is 1. The van der Waals surface area contributed by atoms with Gasteiger partial charge in [-0.25, -0.2) is 0 Å². The maximum atomic E-state index is 12.1. The van der Waals surface area contributed by atoms with Crippen LogP contribution in [0.5, 0.6) is 0 Å². The first kappa shape index (κ1) is 21.2. The Bertz CT molecular complexity index is 474. The third-order valence-electron chi connectivity index (χ3n) is 4.69. The molecule has 136 valence electrons. The number of nitrogens with one attached hydrogen (secondary N) is 1. The Hall–Kier alpha value is -0.810. The van der Waals surface area contributed by atoms with Crippen LogP contribution in [0.1, 0.15) is 18.4 Å². The Morgan fingerprint density at radius 3 is 2.33 bits per heavy atom. The number of carbonyl (C=O) groups excluding carboxylic acids is 1. The highest BCUT2D eigenvalue weighted by Crippen LogP contribution is 2.27. The van der Waals surface area contributed by atoms with E-state index in [0.717, 1.165) is 51.6 Å². The van der Waals surface area contributed by atoms with Crippen LogP contribution in [-0.2, 0) is 11.2 Å². The van der Waals surface area contributed by atoms with Crippen LogP contribution >= 0.6 is 24.8 Å². The van der Waals surface area contributed by atoms with Crippen LogP contribution in [-0.4, -0.2) is 61.5 Å². The van der Waals surface area contributed by atoms with Crippen LogP contribution in [0.25, 0.3) is 0 Å². The van der Waals surface area contributed by atoms with E-state index in [1.54, 1.807) is 0 Å². The molecular formula is C18H29Cl2N3O. The Kier molecular flexibility index (Phi) is 9.67. The van der Waals surface area contributed by atoms with Gasteiger partial charge in [-0.15, -0.1) is 24.8 Å². The maximum Gasteiger partial charge on any atom is 0.236 e. The average Bonchev–Trinajstić information content (AvgIpc) is 3.38. The van der Waals surface area contributed by atoms with E-state index in [2.05, 4.69) is 40.5 Å². The standard InChI is InChI=1S/C18H27N3O.2ClH/c22-18(15-19-14-17-6-7-17)21-12-10-20(11-13-21)9-8-16-4-2-1-3-5-16;;/h1-5,17,19H,6-15H2;2*1H. The molecule has 1 aliphatic heterocycles. The molecule has 3 rings (SSSR count). The lowest BCUT2D eigenvalue weighted by Gasteiger charge is -2.34. The molecule has 1 heterocycles. The van der Waals surface area contributed by atoms with Gasteiger partial charge in [0.2, 0.25) is 5.91 Å². The number of halogens is 2. The van der Waals surface area contributed by atoms with Crippen molar-refractivity contribution in [3.8, 4) is 0 Å². The van der Waals surface area contributed by atoms with Crippen LogP contribution in [0, 0.1) is 5.92 Å². The van der Waals surface area contributed by atoms with Gasteiger partial charge in [0.25, 0.3) is 0 Å². The fourth-order valence-corrected chi connectivity index (χ4v) is 2.97. The van der Waals surface area contributed by atoms with Crippen molar-refractivity contribution in [3.63, 3.8) is 0 Å². The summed E-state index contributed by atoms with van der Waals surface area (Å²) in [5.74, 6) is 1.10. The Morgan fingerprint density at radius 2 is 1.71 bits per heavy atom. The molecule has 1 aromatic carbocycles. The number of benzene rings is 1. The summed E-state index contributed by atoms with van der Waals surface area (Å²) in [7, 11) is 0. The van der Waals surface area contributed by atoms with Crippen molar-refractivity contribution in [2.24, 2.45) is 5.92 Å². The molecule has 2 fully saturated rings. The van der Waals surface area contributed by atoms with Crippen LogP contribution in [0.3, 0.4) is 0 Å². The molecule has 2 aliphatic rings. The second kappa shape index (κ2) is 10.9. The molecule has 4 nitrogen and oxygen atoms in total. The van der Waals surface area contributed by atoms with Gasteiger partial charge in [0.05, 0.1) is 6.54 Å². The summed E-state index contributed by atoms with van der Waals surface area (Å²) in [6, 6.07) is 10.6. The van der Waals surface area contributed by atoms with Gasteiger partial charge >= 0.3 is 0 Å². The number of hydrogen-bond acceptors (Lipinski definition) is 3. The lowest BCUT2D eigenvalue weighted by molar-refractivity contribution is -0.131. The van der Waals surface area contributed by atoms with E-state index in [4.69, 9.17) is 0 Å².